The number of aromatic nitrogens is 2. The molecular formula is C11H18ClN3O2S. The normalized spacial score (nSPS) is 26.4. The molecule has 1 aliphatic heterocycles. The molecule has 1 N–H and O–H groups in total. The molecule has 1 saturated heterocycles. The summed E-state index contributed by atoms with van der Waals surface area (Å²) in [5.74, 6) is 0.713. The van der Waals surface area contributed by atoms with Crippen molar-refractivity contribution in [3.05, 3.63) is 11.8 Å². The highest BCUT2D eigenvalue weighted by Crippen LogP contribution is 2.28. The fraction of sp³-hybridized carbons (Fsp3) is 0.727. The molecule has 5 nitrogen and oxygen atoms in total. The van der Waals surface area contributed by atoms with E-state index in [1.54, 1.807) is 4.31 Å². The molecule has 0 radical (unpaired) electrons. The first-order valence-electron chi connectivity index (χ1n) is 6.07. The van der Waals surface area contributed by atoms with Gasteiger partial charge in [-0.1, -0.05) is 6.92 Å². The van der Waals surface area contributed by atoms with Crippen LogP contribution in [0.25, 0.3) is 0 Å². The minimum absolute atomic E-state index is 0.0187. The van der Waals surface area contributed by atoms with E-state index in [0.29, 0.717) is 18.0 Å². The second-order valence-electron chi connectivity index (χ2n) is 4.95. The van der Waals surface area contributed by atoms with Crippen molar-refractivity contribution >= 4 is 21.6 Å². The van der Waals surface area contributed by atoms with Crippen LogP contribution >= 0.6 is 11.6 Å². The summed E-state index contributed by atoms with van der Waals surface area (Å²) in [4.78, 5) is 0. The van der Waals surface area contributed by atoms with Gasteiger partial charge in [-0.2, -0.15) is 9.40 Å². The molecule has 2 heterocycles. The van der Waals surface area contributed by atoms with E-state index in [4.69, 9.17) is 11.6 Å². The number of hydrogen-bond acceptors (Lipinski definition) is 3. The monoisotopic (exact) mass is 291 g/mol. The number of hydrogen-bond donors (Lipinski definition) is 1. The number of sulfonamides is 1. The van der Waals surface area contributed by atoms with Crippen LogP contribution in [0.4, 0.5) is 0 Å². The van der Waals surface area contributed by atoms with Crippen molar-refractivity contribution in [3.63, 3.8) is 0 Å². The average Bonchev–Trinajstić information content (AvgIpc) is 2.76. The molecule has 0 spiro atoms. The van der Waals surface area contributed by atoms with Gasteiger partial charge < -0.3 is 0 Å². The van der Waals surface area contributed by atoms with Crippen LogP contribution < -0.4 is 0 Å². The second kappa shape index (κ2) is 5.19. The molecular weight excluding hydrogens is 274 g/mol. The second-order valence-corrected chi connectivity index (χ2v) is 7.05. The molecule has 1 aliphatic rings. The zero-order chi connectivity index (χ0) is 13.3. The van der Waals surface area contributed by atoms with Gasteiger partial charge in [-0.3, -0.25) is 5.10 Å². The van der Waals surface area contributed by atoms with Crippen molar-refractivity contribution < 1.29 is 8.42 Å². The number of alkyl halides is 1. The molecule has 7 heteroatoms. The van der Waals surface area contributed by atoms with Crippen LogP contribution in [-0.2, 0) is 15.9 Å². The summed E-state index contributed by atoms with van der Waals surface area (Å²) in [5.41, 5.74) is 0.530. The predicted molar refractivity (Wildman–Crippen MR) is 69.9 cm³/mol. The van der Waals surface area contributed by atoms with E-state index in [-0.39, 0.29) is 16.9 Å². The Balaban J connectivity index is 2.31. The maximum atomic E-state index is 12.5. The predicted octanol–water partition coefficient (Wildman–Crippen LogP) is 1.96. The highest BCUT2D eigenvalue weighted by Gasteiger charge is 2.35. The summed E-state index contributed by atoms with van der Waals surface area (Å²) in [5, 5.41) is 6.48. The lowest BCUT2D eigenvalue weighted by Gasteiger charge is -2.35. The van der Waals surface area contributed by atoms with Gasteiger partial charge in [-0.15, -0.1) is 11.6 Å². The number of piperidine rings is 1. The van der Waals surface area contributed by atoms with E-state index in [0.717, 1.165) is 12.8 Å². The molecule has 1 fully saturated rings. The van der Waals surface area contributed by atoms with Gasteiger partial charge in [-0.25, -0.2) is 8.42 Å². The maximum Gasteiger partial charge on any atom is 0.260 e. The molecule has 0 amide bonds. The quantitative estimate of drug-likeness (QED) is 0.866. The third kappa shape index (κ3) is 2.41. The van der Waals surface area contributed by atoms with Gasteiger partial charge in [0.2, 0.25) is 0 Å². The van der Waals surface area contributed by atoms with E-state index >= 15 is 0 Å². The summed E-state index contributed by atoms with van der Waals surface area (Å²) >= 11 is 5.73. The van der Waals surface area contributed by atoms with Crippen LogP contribution in [0.1, 0.15) is 32.3 Å². The Hall–Kier alpha value is -0.590. The Morgan fingerprint density at radius 2 is 2.28 bits per heavy atom. The number of halogens is 1. The molecule has 0 saturated carbocycles. The summed E-state index contributed by atoms with van der Waals surface area (Å²) in [6.45, 7) is 4.66. The lowest BCUT2D eigenvalue weighted by Crippen LogP contribution is -2.44. The first kappa shape index (κ1) is 13.8. The van der Waals surface area contributed by atoms with Gasteiger partial charge in [0, 0.05) is 18.2 Å². The maximum absolute atomic E-state index is 12.5. The molecule has 0 aromatic carbocycles. The molecule has 1 aromatic heterocycles. The van der Waals surface area contributed by atoms with Gasteiger partial charge in [0.15, 0.2) is 5.03 Å². The Labute approximate surface area is 113 Å². The van der Waals surface area contributed by atoms with Crippen molar-refractivity contribution in [2.24, 2.45) is 5.92 Å². The zero-order valence-electron chi connectivity index (χ0n) is 10.6. The Morgan fingerprint density at radius 1 is 1.56 bits per heavy atom. The van der Waals surface area contributed by atoms with E-state index in [9.17, 15) is 8.42 Å². The van der Waals surface area contributed by atoms with Gasteiger partial charge in [-0.05, 0) is 25.7 Å². The summed E-state index contributed by atoms with van der Waals surface area (Å²) < 4.78 is 26.6. The van der Waals surface area contributed by atoms with E-state index < -0.39 is 10.0 Å². The third-order valence-corrected chi connectivity index (χ3v) is 5.78. The fourth-order valence-electron chi connectivity index (χ4n) is 2.48. The van der Waals surface area contributed by atoms with Crippen molar-refractivity contribution in [2.45, 2.75) is 43.6 Å². The van der Waals surface area contributed by atoms with E-state index in [2.05, 4.69) is 17.1 Å². The van der Waals surface area contributed by atoms with Crippen molar-refractivity contribution in [2.75, 3.05) is 6.54 Å². The van der Waals surface area contributed by atoms with Crippen molar-refractivity contribution in [1.82, 2.24) is 14.5 Å². The first-order valence-corrected chi connectivity index (χ1v) is 8.04. The highest BCUT2D eigenvalue weighted by molar-refractivity contribution is 7.89. The Bertz CT molecular complexity index is 514. The minimum Gasteiger partial charge on any atom is -0.266 e. The van der Waals surface area contributed by atoms with Gasteiger partial charge in [0.05, 0.1) is 12.1 Å². The third-order valence-electron chi connectivity index (χ3n) is 3.47. The van der Waals surface area contributed by atoms with Crippen LogP contribution in [0.5, 0.6) is 0 Å². The van der Waals surface area contributed by atoms with Gasteiger partial charge >= 0.3 is 0 Å². The minimum atomic E-state index is -3.50. The zero-order valence-corrected chi connectivity index (χ0v) is 12.1. The van der Waals surface area contributed by atoms with Crippen molar-refractivity contribution in [1.29, 1.82) is 0 Å². The van der Waals surface area contributed by atoms with E-state index in [1.165, 1.54) is 6.20 Å². The number of aromatic amines is 1. The fourth-order valence-corrected chi connectivity index (χ4v) is 4.52. The SMILES string of the molecule is CC1CCN(S(=O)(=O)c2[nH]ncc2CCl)C(C)C1. The summed E-state index contributed by atoms with van der Waals surface area (Å²) in [6.07, 6.45) is 3.26. The van der Waals surface area contributed by atoms with E-state index in [1.807, 2.05) is 6.92 Å². The molecule has 2 atom stereocenters. The smallest absolute Gasteiger partial charge is 0.260 e. The molecule has 18 heavy (non-hydrogen) atoms. The average molecular weight is 292 g/mol. The lowest BCUT2D eigenvalue weighted by molar-refractivity contribution is 0.219. The first-order chi connectivity index (χ1) is 8.46. The van der Waals surface area contributed by atoms with Crippen molar-refractivity contribution in [3.8, 4) is 0 Å². The molecule has 0 bridgehead atoms. The largest absolute Gasteiger partial charge is 0.266 e. The highest BCUT2D eigenvalue weighted by atomic mass is 35.5. The molecule has 1 aromatic rings. The number of H-pyrrole nitrogens is 1. The van der Waals surface area contributed by atoms with Crippen LogP contribution in [0, 0.1) is 5.92 Å². The van der Waals surface area contributed by atoms with Crippen LogP contribution in [0.2, 0.25) is 0 Å². The van der Waals surface area contributed by atoms with Crippen LogP contribution in [0.15, 0.2) is 11.2 Å². The standard InChI is InChI=1S/C11H18ClN3O2S/c1-8-3-4-15(9(2)5-8)18(16,17)11-10(6-12)7-13-14-11/h7-9H,3-6H2,1-2H3,(H,13,14). The Kier molecular flexibility index (Phi) is 3.99. The molecule has 0 aliphatic carbocycles. The molecule has 102 valence electrons. The Morgan fingerprint density at radius 3 is 2.89 bits per heavy atom. The summed E-state index contributed by atoms with van der Waals surface area (Å²) in [6, 6.07) is 0.0187. The van der Waals surface area contributed by atoms with Gasteiger partial charge in [0.25, 0.3) is 10.0 Å². The summed E-state index contributed by atoms with van der Waals surface area (Å²) in [7, 11) is -3.50. The molecule has 2 rings (SSSR count). The molecule has 2 unspecified atom stereocenters. The number of rotatable bonds is 3. The topological polar surface area (TPSA) is 66.1 Å². The van der Waals surface area contributed by atoms with Crippen LogP contribution in [0.3, 0.4) is 0 Å². The lowest BCUT2D eigenvalue weighted by atomic mass is 9.95. The number of nitrogens with zero attached hydrogens (tertiary/aromatic N) is 2. The van der Waals surface area contributed by atoms with Gasteiger partial charge in [0.1, 0.15) is 0 Å². The number of nitrogens with one attached hydrogen (secondary N) is 1. The van der Waals surface area contributed by atoms with Crippen LogP contribution in [-0.4, -0.2) is 35.5 Å².